The van der Waals surface area contributed by atoms with E-state index in [1.54, 1.807) is 0 Å². The Bertz CT molecular complexity index is 607. The monoisotopic (exact) mass is 286 g/mol. The summed E-state index contributed by atoms with van der Waals surface area (Å²) in [6.45, 7) is 4.71. The lowest BCUT2D eigenvalue weighted by Crippen LogP contribution is -2.38. The fourth-order valence-electron chi connectivity index (χ4n) is 3.01. The molecule has 3 rings (SSSR count). The predicted octanol–water partition coefficient (Wildman–Crippen LogP) is 2.73. The standard InChI is InChI=1S/C17H22N2O2/c1-2-21-15-7-9-19(10-8-15)17-14(12-20)11-13-5-3-4-6-16(13)18-17/h3-6,11,15,20H,2,7-10,12H2,1H3. The molecule has 0 spiro atoms. The van der Waals surface area contributed by atoms with Crippen LogP contribution < -0.4 is 4.90 Å². The summed E-state index contributed by atoms with van der Waals surface area (Å²) in [7, 11) is 0. The van der Waals surface area contributed by atoms with Crippen LogP contribution in [0.3, 0.4) is 0 Å². The van der Waals surface area contributed by atoms with Crippen LogP contribution in [0.15, 0.2) is 30.3 Å². The minimum Gasteiger partial charge on any atom is -0.392 e. The molecular formula is C17H22N2O2. The zero-order chi connectivity index (χ0) is 14.7. The fraction of sp³-hybridized carbons (Fsp3) is 0.471. The summed E-state index contributed by atoms with van der Waals surface area (Å²) >= 11 is 0. The van der Waals surface area contributed by atoms with Gasteiger partial charge in [-0.25, -0.2) is 4.98 Å². The van der Waals surface area contributed by atoms with E-state index >= 15 is 0 Å². The normalized spacial score (nSPS) is 16.6. The second-order valence-electron chi connectivity index (χ2n) is 5.46. The molecule has 1 fully saturated rings. The van der Waals surface area contributed by atoms with Gasteiger partial charge in [0, 0.05) is 30.6 Å². The molecule has 1 aliphatic rings. The first-order chi connectivity index (χ1) is 10.3. The number of aliphatic hydroxyl groups excluding tert-OH is 1. The third kappa shape index (κ3) is 3.01. The number of fused-ring (bicyclic) bond motifs is 1. The van der Waals surface area contributed by atoms with Gasteiger partial charge in [0.1, 0.15) is 5.82 Å². The van der Waals surface area contributed by atoms with E-state index in [9.17, 15) is 5.11 Å². The second kappa shape index (κ2) is 6.41. The fourth-order valence-corrected chi connectivity index (χ4v) is 3.01. The average molecular weight is 286 g/mol. The molecule has 2 heterocycles. The number of hydrogen-bond donors (Lipinski definition) is 1. The van der Waals surface area contributed by atoms with Gasteiger partial charge in [0.05, 0.1) is 18.2 Å². The van der Waals surface area contributed by atoms with Crippen molar-refractivity contribution in [1.29, 1.82) is 0 Å². The van der Waals surface area contributed by atoms with Gasteiger partial charge in [0.2, 0.25) is 0 Å². The number of pyridine rings is 1. The number of nitrogens with zero attached hydrogens (tertiary/aromatic N) is 2. The van der Waals surface area contributed by atoms with Crippen LogP contribution in [0, 0.1) is 0 Å². The molecule has 1 aromatic heterocycles. The highest BCUT2D eigenvalue weighted by molar-refractivity contribution is 5.81. The number of piperidine rings is 1. The highest BCUT2D eigenvalue weighted by Crippen LogP contribution is 2.26. The zero-order valence-corrected chi connectivity index (χ0v) is 12.5. The molecule has 1 aliphatic heterocycles. The lowest BCUT2D eigenvalue weighted by atomic mass is 10.1. The average Bonchev–Trinajstić information content (AvgIpc) is 2.54. The third-order valence-corrected chi connectivity index (χ3v) is 4.09. The summed E-state index contributed by atoms with van der Waals surface area (Å²) < 4.78 is 5.70. The quantitative estimate of drug-likeness (QED) is 0.938. The zero-order valence-electron chi connectivity index (χ0n) is 12.5. The van der Waals surface area contributed by atoms with Crippen molar-refractivity contribution in [2.24, 2.45) is 0 Å². The van der Waals surface area contributed by atoms with Crippen molar-refractivity contribution in [2.75, 3.05) is 24.6 Å². The van der Waals surface area contributed by atoms with E-state index in [1.165, 1.54) is 0 Å². The van der Waals surface area contributed by atoms with Crippen LogP contribution in [0.5, 0.6) is 0 Å². The molecule has 0 radical (unpaired) electrons. The molecule has 0 bridgehead atoms. The maximum atomic E-state index is 9.65. The van der Waals surface area contributed by atoms with Crippen LogP contribution in [0.1, 0.15) is 25.3 Å². The van der Waals surface area contributed by atoms with Crippen molar-refractivity contribution < 1.29 is 9.84 Å². The molecule has 0 saturated carbocycles. The van der Waals surface area contributed by atoms with Gasteiger partial charge in [-0.2, -0.15) is 0 Å². The Morgan fingerprint density at radius 3 is 2.76 bits per heavy atom. The van der Waals surface area contributed by atoms with E-state index in [0.29, 0.717) is 6.10 Å². The minimum absolute atomic E-state index is 0.0263. The number of ether oxygens (including phenoxy) is 1. The van der Waals surface area contributed by atoms with Crippen molar-refractivity contribution in [3.63, 3.8) is 0 Å². The van der Waals surface area contributed by atoms with Crippen molar-refractivity contribution in [1.82, 2.24) is 4.98 Å². The molecule has 0 atom stereocenters. The molecule has 4 heteroatoms. The largest absolute Gasteiger partial charge is 0.392 e. The number of aliphatic hydroxyl groups is 1. The van der Waals surface area contributed by atoms with Gasteiger partial charge in [-0.1, -0.05) is 18.2 Å². The molecular weight excluding hydrogens is 264 g/mol. The van der Waals surface area contributed by atoms with E-state index in [-0.39, 0.29) is 6.61 Å². The van der Waals surface area contributed by atoms with Crippen LogP contribution in [0.2, 0.25) is 0 Å². The van der Waals surface area contributed by atoms with Crippen LogP contribution in [-0.2, 0) is 11.3 Å². The number of aromatic nitrogens is 1. The van der Waals surface area contributed by atoms with Crippen molar-refractivity contribution >= 4 is 16.7 Å². The Morgan fingerprint density at radius 1 is 1.29 bits per heavy atom. The Balaban J connectivity index is 1.86. The predicted molar refractivity (Wildman–Crippen MR) is 84.5 cm³/mol. The van der Waals surface area contributed by atoms with Gasteiger partial charge >= 0.3 is 0 Å². The lowest BCUT2D eigenvalue weighted by molar-refractivity contribution is 0.0458. The van der Waals surface area contributed by atoms with Gasteiger partial charge in [0.25, 0.3) is 0 Å². The molecule has 0 amide bonds. The Labute approximate surface area is 125 Å². The first-order valence-corrected chi connectivity index (χ1v) is 7.68. The van der Waals surface area contributed by atoms with Crippen LogP contribution in [0.4, 0.5) is 5.82 Å². The van der Waals surface area contributed by atoms with Crippen molar-refractivity contribution in [2.45, 2.75) is 32.5 Å². The number of anilines is 1. The first kappa shape index (κ1) is 14.3. The van der Waals surface area contributed by atoms with Gasteiger partial charge in [-0.3, -0.25) is 0 Å². The molecule has 0 unspecified atom stereocenters. The number of para-hydroxylation sites is 1. The summed E-state index contributed by atoms with van der Waals surface area (Å²) in [5.41, 5.74) is 1.89. The van der Waals surface area contributed by atoms with Gasteiger partial charge in [-0.15, -0.1) is 0 Å². The van der Waals surface area contributed by atoms with E-state index in [2.05, 4.69) is 4.90 Å². The lowest BCUT2D eigenvalue weighted by Gasteiger charge is -2.33. The SMILES string of the molecule is CCOC1CCN(c2nc3ccccc3cc2CO)CC1. The highest BCUT2D eigenvalue weighted by Gasteiger charge is 2.22. The van der Waals surface area contributed by atoms with Gasteiger partial charge in [0.15, 0.2) is 0 Å². The van der Waals surface area contributed by atoms with Crippen LogP contribution in [0.25, 0.3) is 10.9 Å². The Hall–Kier alpha value is -1.65. The number of hydrogen-bond acceptors (Lipinski definition) is 4. The van der Waals surface area contributed by atoms with Crippen LogP contribution in [-0.4, -0.2) is 35.9 Å². The first-order valence-electron chi connectivity index (χ1n) is 7.68. The minimum atomic E-state index is 0.0263. The van der Waals surface area contributed by atoms with Crippen LogP contribution >= 0.6 is 0 Å². The van der Waals surface area contributed by atoms with Crippen molar-refractivity contribution in [3.8, 4) is 0 Å². The number of rotatable bonds is 4. The molecule has 4 nitrogen and oxygen atoms in total. The molecule has 1 saturated heterocycles. The summed E-state index contributed by atoms with van der Waals surface area (Å²) in [5, 5.41) is 10.7. The summed E-state index contributed by atoms with van der Waals surface area (Å²) in [6, 6.07) is 10.1. The van der Waals surface area contributed by atoms with Gasteiger partial charge < -0.3 is 14.7 Å². The molecule has 0 aliphatic carbocycles. The molecule has 1 aromatic carbocycles. The topological polar surface area (TPSA) is 45.6 Å². The summed E-state index contributed by atoms with van der Waals surface area (Å²) in [5.74, 6) is 0.922. The third-order valence-electron chi connectivity index (χ3n) is 4.09. The van der Waals surface area contributed by atoms with E-state index in [1.807, 2.05) is 37.3 Å². The van der Waals surface area contributed by atoms with Gasteiger partial charge in [-0.05, 0) is 31.9 Å². The molecule has 21 heavy (non-hydrogen) atoms. The maximum absolute atomic E-state index is 9.65. The maximum Gasteiger partial charge on any atom is 0.134 e. The molecule has 112 valence electrons. The van der Waals surface area contributed by atoms with E-state index in [0.717, 1.165) is 54.8 Å². The smallest absolute Gasteiger partial charge is 0.134 e. The second-order valence-corrected chi connectivity index (χ2v) is 5.46. The Kier molecular flexibility index (Phi) is 4.36. The summed E-state index contributed by atoms with van der Waals surface area (Å²) in [6.07, 6.45) is 2.41. The van der Waals surface area contributed by atoms with Crippen molar-refractivity contribution in [3.05, 3.63) is 35.9 Å². The van der Waals surface area contributed by atoms with E-state index in [4.69, 9.17) is 9.72 Å². The van der Waals surface area contributed by atoms with E-state index < -0.39 is 0 Å². The number of benzene rings is 1. The Morgan fingerprint density at radius 2 is 2.05 bits per heavy atom. The summed E-state index contributed by atoms with van der Waals surface area (Å²) in [4.78, 5) is 7.04. The highest BCUT2D eigenvalue weighted by atomic mass is 16.5. The molecule has 1 N–H and O–H groups in total. The molecule has 2 aromatic rings.